The van der Waals surface area contributed by atoms with Gasteiger partial charge in [-0.1, -0.05) is 0 Å². The molecule has 0 aliphatic rings. The first-order valence-electron chi connectivity index (χ1n) is 4.76. The van der Waals surface area contributed by atoms with Gasteiger partial charge in [-0.25, -0.2) is 0 Å². The predicted octanol–water partition coefficient (Wildman–Crippen LogP) is 1.19. The standard InChI is InChI=1S/C10H14N4O/c1-5-4-12-14-8(5)9-10(15)7(3-11)6(2)13-9/h4,13,15H,3,11H2,1-2H3,(H,12,14). The van der Waals surface area contributed by atoms with Crippen LogP contribution in [0.15, 0.2) is 6.20 Å². The molecule has 5 N–H and O–H groups in total. The topological polar surface area (TPSA) is 90.7 Å². The molecule has 2 heterocycles. The Balaban J connectivity index is 2.60. The van der Waals surface area contributed by atoms with Crippen LogP contribution < -0.4 is 5.73 Å². The zero-order valence-electron chi connectivity index (χ0n) is 8.76. The molecule has 2 aromatic heterocycles. The maximum atomic E-state index is 9.95. The lowest BCUT2D eigenvalue weighted by Gasteiger charge is -1.98. The van der Waals surface area contributed by atoms with Gasteiger partial charge in [-0.2, -0.15) is 5.10 Å². The van der Waals surface area contributed by atoms with Gasteiger partial charge >= 0.3 is 0 Å². The number of aromatic amines is 2. The number of hydrogen-bond acceptors (Lipinski definition) is 3. The SMILES string of the molecule is Cc1cn[nH]c1-c1[nH]c(C)c(CN)c1O. The molecule has 5 heteroatoms. The van der Waals surface area contributed by atoms with Crippen molar-refractivity contribution in [3.8, 4) is 17.1 Å². The number of rotatable bonds is 2. The van der Waals surface area contributed by atoms with Crippen molar-refractivity contribution >= 4 is 0 Å². The third kappa shape index (κ3) is 1.41. The fourth-order valence-corrected chi connectivity index (χ4v) is 1.68. The molecule has 0 aromatic carbocycles. The molecule has 15 heavy (non-hydrogen) atoms. The van der Waals surface area contributed by atoms with Gasteiger partial charge in [0.15, 0.2) is 0 Å². The molecule has 0 spiro atoms. The molecule has 0 aliphatic heterocycles. The summed E-state index contributed by atoms with van der Waals surface area (Å²) >= 11 is 0. The van der Waals surface area contributed by atoms with Crippen LogP contribution in [0.1, 0.15) is 16.8 Å². The Morgan fingerprint density at radius 3 is 2.60 bits per heavy atom. The van der Waals surface area contributed by atoms with Crippen LogP contribution in [0.3, 0.4) is 0 Å². The lowest BCUT2D eigenvalue weighted by atomic mass is 10.1. The molecule has 0 aliphatic carbocycles. The number of hydrogen-bond donors (Lipinski definition) is 4. The van der Waals surface area contributed by atoms with E-state index < -0.39 is 0 Å². The van der Waals surface area contributed by atoms with Gasteiger partial charge in [0.1, 0.15) is 11.4 Å². The average Bonchev–Trinajstić information content (AvgIpc) is 2.71. The molecule has 80 valence electrons. The van der Waals surface area contributed by atoms with E-state index in [0.717, 1.165) is 22.5 Å². The summed E-state index contributed by atoms with van der Waals surface area (Å²) in [5.41, 5.74) is 9.63. The molecule has 0 bridgehead atoms. The minimum atomic E-state index is 0.211. The van der Waals surface area contributed by atoms with Gasteiger partial charge < -0.3 is 15.8 Å². The second-order valence-corrected chi connectivity index (χ2v) is 3.58. The van der Waals surface area contributed by atoms with E-state index in [2.05, 4.69) is 15.2 Å². The molecule has 0 amide bonds. The molecule has 2 rings (SSSR count). The Kier molecular flexibility index (Phi) is 2.24. The molecule has 0 fully saturated rings. The summed E-state index contributed by atoms with van der Waals surface area (Å²) in [6.07, 6.45) is 1.72. The van der Waals surface area contributed by atoms with Crippen LogP contribution in [0, 0.1) is 13.8 Å². The monoisotopic (exact) mass is 206 g/mol. The molecule has 5 nitrogen and oxygen atoms in total. The highest BCUT2D eigenvalue weighted by Gasteiger charge is 2.16. The summed E-state index contributed by atoms with van der Waals surface area (Å²) in [6, 6.07) is 0. The normalized spacial score (nSPS) is 10.9. The van der Waals surface area contributed by atoms with Crippen molar-refractivity contribution in [2.45, 2.75) is 20.4 Å². The van der Waals surface area contributed by atoms with Gasteiger partial charge in [0, 0.05) is 17.8 Å². The predicted molar refractivity (Wildman–Crippen MR) is 57.4 cm³/mol. The van der Waals surface area contributed by atoms with Gasteiger partial charge in [-0.15, -0.1) is 0 Å². The van der Waals surface area contributed by atoms with Crippen molar-refractivity contribution in [1.29, 1.82) is 0 Å². The van der Waals surface area contributed by atoms with E-state index in [9.17, 15) is 5.11 Å². The fraction of sp³-hybridized carbons (Fsp3) is 0.300. The third-order valence-electron chi connectivity index (χ3n) is 2.57. The van der Waals surface area contributed by atoms with Crippen LogP contribution in [0.25, 0.3) is 11.4 Å². The summed E-state index contributed by atoms with van der Waals surface area (Å²) in [4.78, 5) is 3.11. The van der Waals surface area contributed by atoms with E-state index in [1.165, 1.54) is 0 Å². The summed E-state index contributed by atoms with van der Waals surface area (Å²) in [7, 11) is 0. The molecular weight excluding hydrogens is 192 g/mol. The van der Waals surface area contributed by atoms with Crippen LogP contribution >= 0.6 is 0 Å². The van der Waals surface area contributed by atoms with Gasteiger partial charge in [0.05, 0.1) is 11.9 Å². The zero-order valence-corrected chi connectivity index (χ0v) is 8.76. The van der Waals surface area contributed by atoms with E-state index in [1.807, 2.05) is 13.8 Å². The van der Waals surface area contributed by atoms with Crippen molar-refractivity contribution in [2.75, 3.05) is 0 Å². The number of H-pyrrole nitrogens is 2. The maximum absolute atomic E-state index is 9.95. The van der Waals surface area contributed by atoms with Crippen molar-refractivity contribution in [1.82, 2.24) is 15.2 Å². The van der Waals surface area contributed by atoms with E-state index >= 15 is 0 Å². The van der Waals surface area contributed by atoms with E-state index in [0.29, 0.717) is 12.2 Å². The number of aromatic nitrogens is 3. The Morgan fingerprint density at radius 1 is 1.40 bits per heavy atom. The third-order valence-corrected chi connectivity index (χ3v) is 2.57. The van der Waals surface area contributed by atoms with Crippen LogP contribution in [0.4, 0.5) is 0 Å². The molecule has 0 saturated carbocycles. The fourth-order valence-electron chi connectivity index (χ4n) is 1.68. The van der Waals surface area contributed by atoms with Crippen molar-refractivity contribution < 1.29 is 5.11 Å². The molecule has 0 atom stereocenters. The number of nitrogens with zero attached hydrogens (tertiary/aromatic N) is 1. The molecular formula is C10H14N4O. The lowest BCUT2D eigenvalue weighted by Crippen LogP contribution is -1.96. The first-order chi connectivity index (χ1) is 7.15. The Labute approximate surface area is 87.3 Å². The summed E-state index contributed by atoms with van der Waals surface area (Å²) in [6.45, 7) is 4.13. The number of aryl methyl sites for hydroxylation is 2. The molecule has 2 aromatic rings. The van der Waals surface area contributed by atoms with Gasteiger partial charge in [0.2, 0.25) is 0 Å². The first-order valence-corrected chi connectivity index (χ1v) is 4.76. The second kappa shape index (κ2) is 3.43. The largest absolute Gasteiger partial charge is 0.505 e. The second-order valence-electron chi connectivity index (χ2n) is 3.58. The number of nitrogens with one attached hydrogen (secondary N) is 2. The molecule has 0 saturated heterocycles. The van der Waals surface area contributed by atoms with Crippen LogP contribution in [-0.4, -0.2) is 20.3 Å². The zero-order chi connectivity index (χ0) is 11.0. The minimum absolute atomic E-state index is 0.211. The highest BCUT2D eigenvalue weighted by molar-refractivity contribution is 5.68. The van der Waals surface area contributed by atoms with Gasteiger partial charge in [0.25, 0.3) is 0 Å². The Hall–Kier alpha value is -1.75. The highest BCUT2D eigenvalue weighted by atomic mass is 16.3. The minimum Gasteiger partial charge on any atom is -0.505 e. The smallest absolute Gasteiger partial charge is 0.147 e. The number of aromatic hydroxyl groups is 1. The van der Waals surface area contributed by atoms with E-state index in [-0.39, 0.29) is 5.75 Å². The summed E-state index contributed by atoms with van der Waals surface area (Å²) in [5.74, 6) is 0.211. The lowest BCUT2D eigenvalue weighted by molar-refractivity contribution is 0.471. The van der Waals surface area contributed by atoms with Crippen LogP contribution in [0.5, 0.6) is 5.75 Å². The number of nitrogens with two attached hydrogens (primary N) is 1. The summed E-state index contributed by atoms with van der Waals surface area (Å²) in [5, 5.41) is 16.7. The van der Waals surface area contributed by atoms with Crippen molar-refractivity contribution in [3.05, 3.63) is 23.0 Å². The van der Waals surface area contributed by atoms with Crippen molar-refractivity contribution in [2.24, 2.45) is 5.73 Å². The van der Waals surface area contributed by atoms with E-state index in [1.54, 1.807) is 6.20 Å². The Bertz CT molecular complexity index is 484. The van der Waals surface area contributed by atoms with Gasteiger partial charge in [-0.05, 0) is 19.4 Å². The van der Waals surface area contributed by atoms with Crippen LogP contribution in [-0.2, 0) is 6.54 Å². The Morgan fingerprint density at radius 2 is 2.13 bits per heavy atom. The molecule has 0 unspecified atom stereocenters. The first kappa shape index (κ1) is 9.79. The van der Waals surface area contributed by atoms with Crippen LogP contribution in [0.2, 0.25) is 0 Å². The van der Waals surface area contributed by atoms with Crippen molar-refractivity contribution in [3.63, 3.8) is 0 Å². The van der Waals surface area contributed by atoms with Gasteiger partial charge in [-0.3, -0.25) is 5.10 Å². The molecule has 0 radical (unpaired) electrons. The van der Waals surface area contributed by atoms with E-state index in [4.69, 9.17) is 5.73 Å². The highest BCUT2D eigenvalue weighted by Crippen LogP contribution is 2.33. The summed E-state index contributed by atoms with van der Waals surface area (Å²) < 4.78 is 0. The quantitative estimate of drug-likeness (QED) is 0.594. The maximum Gasteiger partial charge on any atom is 0.147 e. The average molecular weight is 206 g/mol.